The van der Waals surface area contributed by atoms with Crippen molar-refractivity contribution in [3.05, 3.63) is 66.7 Å². The molecule has 302 valence electrons. The van der Waals surface area contributed by atoms with E-state index in [1.165, 1.54) is 23.1 Å². The number of hydrogen-bond acceptors (Lipinski definition) is 10. The molecule has 19 heteroatoms. The lowest BCUT2D eigenvalue weighted by Crippen LogP contribution is -2.60. The van der Waals surface area contributed by atoms with Gasteiger partial charge >= 0.3 is 6.18 Å². The van der Waals surface area contributed by atoms with Crippen LogP contribution in [0.2, 0.25) is 0 Å². The summed E-state index contributed by atoms with van der Waals surface area (Å²) in [4.78, 5) is 52.8. The zero-order chi connectivity index (χ0) is 41.2. The largest absolute Gasteiger partial charge is 0.470 e. The molecular weight excluding hydrogens is 788 g/mol. The van der Waals surface area contributed by atoms with Gasteiger partial charge in [-0.3, -0.25) is 19.1 Å². The SMILES string of the molecule is C=C[C@@H]1CC1(NC(=O)[C@@H]1C[C@@H](Oc2nc(-c3ccc(C(F)(F)F)cc3)nc3c2oc2ccccc23)CN1C(=O)[C@@H](NC(N)=S)C(C)(C)C)C(=O)NS(=O)(=O)C1CC1. The highest BCUT2D eigenvalue weighted by molar-refractivity contribution is 7.91. The number of fused-ring (bicyclic) bond motifs is 3. The summed E-state index contributed by atoms with van der Waals surface area (Å²) in [5, 5.41) is 5.31. The molecule has 2 aromatic carbocycles. The maximum atomic E-state index is 14.4. The summed E-state index contributed by atoms with van der Waals surface area (Å²) in [6.07, 6.45) is -3.25. The number of rotatable bonds is 11. The highest BCUT2D eigenvalue weighted by Gasteiger charge is 2.62. The number of thiocarbonyl (C=S) groups is 1. The van der Waals surface area contributed by atoms with Crippen LogP contribution in [-0.4, -0.2) is 81.6 Å². The van der Waals surface area contributed by atoms with Crippen LogP contribution in [0.5, 0.6) is 5.88 Å². The number of hydrogen-bond donors (Lipinski definition) is 4. The first-order valence-electron chi connectivity index (χ1n) is 18.1. The number of alkyl halides is 3. The molecule has 1 aliphatic heterocycles. The Kier molecular flexibility index (Phi) is 9.99. The Morgan fingerprint density at radius 2 is 1.79 bits per heavy atom. The zero-order valence-electron chi connectivity index (χ0n) is 31.1. The topological polar surface area (TPSA) is 199 Å². The maximum Gasteiger partial charge on any atom is 0.416 e. The first-order valence-corrected chi connectivity index (χ1v) is 20.1. The lowest BCUT2D eigenvalue weighted by atomic mass is 9.85. The van der Waals surface area contributed by atoms with Gasteiger partial charge in [-0.1, -0.05) is 51.1 Å². The van der Waals surface area contributed by atoms with Crippen molar-refractivity contribution in [2.45, 2.75) is 81.6 Å². The molecule has 0 bridgehead atoms. The molecule has 5 atom stereocenters. The number of likely N-dealkylation sites (tertiary alicyclic amines) is 1. The molecule has 57 heavy (non-hydrogen) atoms. The highest BCUT2D eigenvalue weighted by Crippen LogP contribution is 2.46. The molecule has 1 unspecified atom stereocenters. The fourth-order valence-corrected chi connectivity index (χ4v) is 8.57. The summed E-state index contributed by atoms with van der Waals surface area (Å²) < 4.78 is 80.3. The van der Waals surface area contributed by atoms with E-state index in [9.17, 15) is 36.0 Å². The van der Waals surface area contributed by atoms with Crippen molar-refractivity contribution in [3.8, 4) is 17.3 Å². The van der Waals surface area contributed by atoms with Crippen molar-refractivity contribution in [2.75, 3.05) is 6.54 Å². The van der Waals surface area contributed by atoms with Crippen LogP contribution in [0.4, 0.5) is 13.2 Å². The molecule has 7 rings (SSSR count). The molecule has 14 nitrogen and oxygen atoms in total. The van der Waals surface area contributed by atoms with E-state index in [1.54, 1.807) is 45.0 Å². The molecule has 3 aliphatic rings. The van der Waals surface area contributed by atoms with E-state index in [0.717, 1.165) is 12.1 Å². The summed E-state index contributed by atoms with van der Waals surface area (Å²) in [6, 6.07) is 9.01. The third-order valence-electron chi connectivity index (χ3n) is 10.4. The number of nitrogens with one attached hydrogen (secondary N) is 3. The number of ether oxygens (including phenoxy) is 1. The third-order valence-corrected chi connectivity index (χ3v) is 12.4. The Bertz CT molecular complexity index is 2410. The van der Waals surface area contributed by atoms with Gasteiger partial charge in [-0.2, -0.15) is 18.2 Å². The molecule has 3 amide bonds. The molecule has 5 N–H and O–H groups in total. The van der Waals surface area contributed by atoms with Crippen molar-refractivity contribution in [1.82, 2.24) is 30.2 Å². The Hall–Kier alpha value is -5.30. The van der Waals surface area contributed by atoms with Gasteiger partial charge in [0.1, 0.15) is 34.8 Å². The number of halogens is 3. The summed E-state index contributed by atoms with van der Waals surface area (Å²) in [5.74, 6) is -2.85. The second kappa shape index (κ2) is 14.3. The molecule has 2 saturated carbocycles. The number of sulfonamides is 1. The first-order chi connectivity index (χ1) is 26.7. The maximum absolute atomic E-state index is 14.4. The van der Waals surface area contributed by atoms with Gasteiger partial charge in [-0.05, 0) is 61.2 Å². The smallest absolute Gasteiger partial charge is 0.416 e. The Balaban J connectivity index is 1.24. The average Bonchev–Trinajstić information content (AvgIpc) is 4.04. The molecular formula is C38H40F3N7O7S2. The van der Waals surface area contributed by atoms with Gasteiger partial charge in [0, 0.05) is 23.3 Å². The predicted molar refractivity (Wildman–Crippen MR) is 207 cm³/mol. The second-order valence-corrected chi connectivity index (χ2v) is 18.1. The van der Waals surface area contributed by atoms with Crippen molar-refractivity contribution in [3.63, 3.8) is 0 Å². The minimum atomic E-state index is -4.56. The van der Waals surface area contributed by atoms with E-state index in [-0.39, 0.29) is 47.3 Å². The minimum absolute atomic E-state index is 0.0322. The first kappa shape index (κ1) is 39.9. The molecule has 3 fully saturated rings. The number of furan rings is 1. The zero-order valence-corrected chi connectivity index (χ0v) is 32.7. The molecule has 3 heterocycles. The number of para-hydroxylation sites is 1. The van der Waals surface area contributed by atoms with Crippen LogP contribution in [0.25, 0.3) is 33.5 Å². The lowest BCUT2D eigenvalue weighted by molar-refractivity contribution is -0.142. The number of amides is 3. The van der Waals surface area contributed by atoms with Crippen LogP contribution >= 0.6 is 12.2 Å². The van der Waals surface area contributed by atoms with Crippen molar-refractivity contribution >= 4 is 67.1 Å². The molecule has 0 spiro atoms. The van der Waals surface area contributed by atoms with Crippen molar-refractivity contribution < 1.29 is 45.1 Å². The lowest BCUT2D eigenvalue weighted by Gasteiger charge is -2.35. The number of carbonyl (C=O) groups excluding carboxylic acids is 3. The fraction of sp³-hybridized carbons (Fsp3) is 0.421. The summed E-state index contributed by atoms with van der Waals surface area (Å²) in [7, 11) is -3.96. The number of nitrogens with zero attached hydrogens (tertiary/aromatic N) is 3. The number of carbonyl (C=O) groups is 3. The van der Waals surface area contributed by atoms with Gasteiger partial charge in [-0.15, -0.1) is 6.58 Å². The van der Waals surface area contributed by atoms with Crippen LogP contribution in [-0.2, 0) is 30.6 Å². The normalized spacial score (nSPS) is 22.8. The van der Waals surface area contributed by atoms with Crippen LogP contribution in [0.1, 0.15) is 52.0 Å². The van der Waals surface area contributed by atoms with E-state index in [0.29, 0.717) is 29.3 Å². The predicted octanol–water partition coefficient (Wildman–Crippen LogP) is 4.33. The average molecular weight is 828 g/mol. The highest BCUT2D eigenvalue weighted by atomic mass is 32.2. The molecule has 1 saturated heterocycles. The third kappa shape index (κ3) is 7.86. The van der Waals surface area contributed by atoms with Crippen molar-refractivity contribution in [1.29, 1.82) is 0 Å². The van der Waals surface area contributed by atoms with Gasteiger partial charge in [0.2, 0.25) is 27.4 Å². The Morgan fingerprint density at radius 1 is 1.11 bits per heavy atom. The van der Waals surface area contributed by atoms with Gasteiger partial charge in [0.25, 0.3) is 11.8 Å². The monoisotopic (exact) mass is 827 g/mol. The van der Waals surface area contributed by atoms with Crippen LogP contribution < -0.4 is 25.8 Å². The number of benzene rings is 2. The number of aromatic nitrogens is 2. The Labute approximate surface area is 330 Å². The number of nitrogens with two attached hydrogens (primary N) is 1. The van der Waals surface area contributed by atoms with E-state index in [2.05, 4.69) is 31.9 Å². The van der Waals surface area contributed by atoms with Crippen LogP contribution in [0.15, 0.2) is 65.6 Å². The Morgan fingerprint density at radius 3 is 2.39 bits per heavy atom. The van der Waals surface area contributed by atoms with E-state index in [4.69, 9.17) is 27.1 Å². The minimum Gasteiger partial charge on any atom is -0.470 e. The van der Waals surface area contributed by atoms with Gasteiger partial charge in [0.05, 0.1) is 17.4 Å². The molecule has 2 aliphatic carbocycles. The summed E-state index contributed by atoms with van der Waals surface area (Å²) in [6.45, 7) is 8.90. The van der Waals surface area contributed by atoms with E-state index < -0.39 is 79.8 Å². The van der Waals surface area contributed by atoms with Crippen molar-refractivity contribution in [2.24, 2.45) is 17.1 Å². The van der Waals surface area contributed by atoms with E-state index >= 15 is 0 Å². The van der Waals surface area contributed by atoms with Gasteiger partial charge in [-0.25, -0.2) is 13.4 Å². The summed E-state index contributed by atoms with van der Waals surface area (Å²) in [5.41, 5.74) is 3.70. The molecule has 4 aromatic rings. The van der Waals surface area contributed by atoms with E-state index in [1.807, 2.05) is 0 Å². The second-order valence-electron chi connectivity index (χ2n) is 15.7. The molecule has 0 radical (unpaired) electrons. The standard InChI is InChI=1S/C38H40F3N7O7S2/c1-5-20-17-37(20,34(51)47-57(52,53)23-14-15-23)46-31(49)25-16-22(18-48(25)33(50)29(36(2,3)4)44-35(42)56)54-32-28-27(24-8-6-7-9-26(24)55-28)43-30(45-32)19-10-12-21(13-11-19)38(39,40)41/h5-13,20,22-23,25,29H,1,14-18H2,2-4H3,(H,46,49)(H,47,51)(H3,42,44,56)/t20-,22-,25+,29-,37?/m1/s1. The quantitative estimate of drug-likeness (QED) is 0.124. The van der Waals surface area contributed by atoms with Gasteiger partial charge in [0.15, 0.2) is 10.9 Å². The fourth-order valence-electron chi connectivity index (χ4n) is 7.09. The van der Waals surface area contributed by atoms with Crippen LogP contribution in [0.3, 0.4) is 0 Å². The van der Waals surface area contributed by atoms with Crippen LogP contribution in [0, 0.1) is 11.3 Å². The molecule has 2 aromatic heterocycles. The summed E-state index contributed by atoms with van der Waals surface area (Å²) >= 11 is 5.08. The van der Waals surface area contributed by atoms with Gasteiger partial charge < -0.3 is 30.4 Å².